The van der Waals surface area contributed by atoms with Crippen LogP contribution in [0.1, 0.15) is 19.3 Å². The molecule has 0 aromatic heterocycles. The van der Waals surface area contributed by atoms with E-state index in [4.69, 9.17) is 4.74 Å². The first-order valence-corrected chi connectivity index (χ1v) is 5.35. The lowest BCUT2D eigenvalue weighted by molar-refractivity contribution is 0.0381. The van der Waals surface area contributed by atoms with Crippen molar-refractivity contribution in [2.75, 3.05) is 26.3 Å². The number of hydrogen-bond acceptors (Lipinski definition) is 2. The summed E-state index contributed by atoms with van der Waals surface area (Å²) < 4.78 is 30.3. The quantitative estimate of drug-likeness (QED) is 0.814. The average molecular weight is 242 g/mol. The molecular weight excluding hydrogens is 224 g/mol. The highest BCUT2D eigenvalue weighted by Crippen LogP contribution is 2.48. The van der Waals surface area contributed by atoms with Crippen LogP contribution in [-0.2, 0) is 4.74 Å². The molecule has 1 saturated heterocycles. The van der Waals surface area contributed by atoms with Crippen molar-refractivity contribution in [3.05, 3.63) is 0 Å². The van der Waals surface area contributed by atoms with Gasteiger partial charge in [0.25, 0.3) is 5.92 Å². The molecule has 0 aromatic carbocycles. The van der Waals surface area contributed by atoms with Crippen LogP contribution in [-0.4, -0.2) is 32.2 Å². The molecule has 1 aliphatic heterocycles. The summed E-state index contributed by atoms with van der Waals surface area (Å²) in [6, 6.07) is 0. The van der Waals surface area contributed by atoms with E-state index in [0.29, 0.717) is 12.5 Å². The van der Waals surface area contributed by atoms with Gasteiger partial charge >= 0.3 is 0 Å². The number of ether oxygens (including phenoxy) is 1. The molecule has 0 radical (unpaired) electrons. The molecule has 1 unspecified atom stereocenters. The van der Waals surface area contributed by atoms with E-state index in [-0.39, 0.29) is 25.4 Å². The second-order valence-corrected chi connectivity index (χ2v) is 4.39. The fraction of sp³-hybridized carbons (Fsp3) is 1.00. The molecule has 5 heteroatoms. The first-order chi connectivity index (χ1) is 6.68. The summed E-state index contributed by atoms with van der Waals surface area (Å²) in [6.07, 6.45) is 2.25. The van der Waals surface area contributed by atoms with Gasteiger partial charge in [0.05, 0.1) is 12.5 Å². The maximum absolute atomic E-state index is 12.5. The van der Waals surface area contributed by atoms with Crippen LogP contribution in [0.25, 0.3) is 0 Å². The molecule has 0 aromatic rings. The Balaban J connectivity index is 0.00000112. The highest BCUT2D eigenvalue weighted by Gasteiger charge is 2.56. The smallest absolute Gasteiger partial charge is 0.253 e. The van der Waals surface area contributed by atoms with Crippen molar-refractivity contribution in [2.24, 2.45) is 11.8 Å². The van der Waals surface area contributed by atoms with Gasteiger partial charge in [0.15, 0.2) is 0 Å². The minimum Gasteiger partial charge on any atom is -0.381 e. The predicted molar refractivity (Wildman–Crippen MR) is 56.7 cm³/mol. The normalized spacial score (nSPS) is 29.6. The SMILES string of the molecule is Cl.FC1(F)CC1COCC1CCNCC1. The molecule has 90 valence electrons. The van der Waals surface area contributed by atoms with Gasteiger partial charge in [0.2, 0.25) is 0 Å². The summed E-state index contributed by atoms with van der Waals surface area (Å²) in [5, 5.41) is 3.26. The van der Waals surface area contributed by atoms with Gasteiger partial charge in [-0.1, -0.05) is 0 Å². The third kappa shape index (κ3) is 3.85. The number of alkyl halides is 2. The Kier molecular flexibility index (Phi) is 4.74. The monoisotopic (exact) mass is 241 g/mol. The highest BCUT2D eigenvalue weighted by molar-refractivity contribution is 5.85. The summed E-state index contributed by atoms with van der Waals surface area (Å²) >= 11 is 0. The molecule has 1 saturated carbocycles. The number of piperidine rings is 1. The molecule has 1 heterocycles. The second-order valence-electron chi connectivity index (χ2n) is 4.39. The summed E-state index contributed by atoms with van der Waals surface area (Å²) in [5.41, 5.74) is 0. The zero-order chi connectivity index (χ0) is 10.0. The third-order valence-electron chi connectivity index (χ3n) is 3.09. The number of rotatable bonds is 4. The molecule has 1 N–H and O–H groups in total. The fourth-order valence-corrected chi connectivity index (χ4v) is 1.88. The number of nitrogens with one attached hydrogen (secondary N) is 1. The van der Waals surface area contributed by atoms with Gasteiger partial charge in [-0.15, -0.1) is 12.4 Å². The van der Waals surface area contributed by atoms with E-state index in [0.717, 1.165) is 25.9 Å². The van der Waals surface area contributed by atoms with Crippen LogP contribution in [0.2, 0.25) is 0 Å². The summed E-state index contributed by atoms with van der Waals surface area (Å²) in [6.45, 7) is 2.98. The topological polar surface area (TPSA) is 21.3 Å². The van der Waals surface area contributed by atoms with Crippen molar-refractivity contribution in [1.82, 2.24) is 5.32 Å². The van der Waals surface area contributed by atoms with Crippen LogP contribution in [0.15, 0.2) is 0 Å². The van der Waals surface area contributed by atoms with E-state index in [1.165, 1.54) is 0 Å². The summed E-state index contributed by atoms with van der Waals surface area (Å²) in [4.78, 5) is 0. The van der Waals surface area contributed by atoms with Crippen LogP contribution in [0.5, 0.6) is 0 Å². The van der Waals surface area contributed by atoms with Crippen molar-refractivity contribution in [3.8, 4) is 0 Å². The van der Waals surface area contributed by atoms with Crippen molar-refractivity contribution < 1.29 is 13.5 Å². The van der Waals surface area contributed by atoms with Crippen molar-refractivity contribution >= 4 is 12.4 Å². The Morgan fingerprint density at radius 1 is 1.20 bits per heavy atom. The standard InChI is InChI=1S/C10H17F2NO.ClH/c11-10(12)5-9(10)7-14-6-8-1-3-13-4-2-8;/h8-9,13H,1-7H2;1H. The van der Waals surface area contributed by atoms with E-state index in [1.54, 1.807) is 0 Å². The molecule has 0 bridgehead atoms. The lowest BCUT2D eigenvalue weighted by Gasteiger charge is -2.22. The van der Waals surface area contributed by atoms with Gasteiger partial charge < -0.3 is 10.1 Å². The Morgan fingerprint density at radius 3 is 2.33 bits per heavy atom. The molecule has 15 heavy (non-hydrogen) atoms. The predicted octanol–water partition coefficient (Wildman–Crippen LogP) is 2.08. The third-order valence-corrected chi connectivity index (χ3v) is 3.09. The largest absolute Gasteiger partial charge is 0.381 e. The lowest BCUT2D eigenvalue weighted by Crippen LogP contribution is -2.30. The summed E-state index contributed by atoms with van der Waals surface area (Å²) in [5.74, 6) is -2.35. The van der Waals surface area contributed by atoms with E-state index >= 15 is 0 Å². The van der Waals surface area contributed by atoms with E-state index in [1.807, 2.05) is 0 Å². The first kappa shape index (κ1) is 13.1. The second kappa shape index (κ2) is 5.41. The van der Waals surface area contributed by atoms with Crippen LogP contribution >= 0.6 is 12.4 Å². The molecular formula is C10H18ClF2NO. The zero-order valence-electron chi connectivity index (χ0n) is 8.68. The Bertz CT molecular complexity index is 198. The van der Waals surface area contributed by atoms with Crippen molar-refractivity contribution in [3.63, 3.8) is 0 Å². The van der Waals surface area contributed by atoms with Gasteiger partial charge in [0.1, 0.15) is 0 Å². The van der Waals surface area contributed by atoms with E-state index in [9.17, 15) is 8.78 Å². The molecule has 2 aliphatic rings. The van der Waals surface area contributed by atoms with Crippen LogP contribution < -0.4 is 5.32 Å². The molecule has 0 amide bonds. The maximum Gasteiger partial charge on any atom is 0.253 e. The molecule has 2 fully saturated rings. The van der Waals surface area contributed by atoms with E-state index < -0.39 is 11.8 Å². The van der Waals surface area contributed by atoms with Crippen molar-refractivity contribution in [2.45, 2.75) is 25.2 Å². The van der Waals surface area contributed by atoms with Crippen molar-refractivity contribution in [1.29, 1.82) is 0 Å². The fourth-order valence-electron chi connectivity index (χ4n) is 1.88. The minimum atomic E-state index is -2.42. The number of hydrogen-bond donors (Lipinski definition) is 1. The van der Waals surface area contributed by atoms with Gasteiger partial charge in [0, 0.05) is 13.0 Å². The maximum atomic E-state index is 12.5. The average Bonchev–Trinajstić information content (AvgIpc) is 2.76. The van der Waals surface area contributed by atoms with Crippen LogP contribution in [0.3, 0.4) is 0 Å². The van der Waals surface area contributed by atoms with Gasteiger partial charge in [-0.25, -0.2) is 8.78 Å². The molecule has 2 rings (SSSR count). The highest BCUT2D eigenvalue weighted by atomic mass is 35.5. The van der Waals surface area contributed by atoms with Crippen LogP contribution in [0.4, 0.5) is 8.78 Å². The summed E-state index contributed by atoms with van der Waals surface area (Å²) in [7, 11) is 0. The number of halogens is 3. The van der Waals surface area contributed by atoms with Gasteiger partial charge in [-0.2, -0.15) is 0 Å². The first-order valence-electron chi connectivity index (χ1n) is 5.35. The molecule has 0 spiro atoms. The Labute approximate surface area is 95.2 Å². The lowest BCUT2D eigenvalue weighted by atomic mass is 9.99. The molecule has 2 nitrogen and oxygen atoms in total. The van der Waals surface area contributed by atoms with E-state index in [2.05, 4.69) is 5.32 Å². The van der Waals surface area contributed by atoms with Crippen LogP contribution in [0, 0.1) is 11.8 Å². The Morgan fingerprint density at radius 2 is 1.80 bits per heavy atom. The Hall–Kier alpha value is 0.0700. The molecule has 1 atom stereocenters. The minimum absolute atomic E-state index is 0. The van der Waals surface area contributed by atoms with Gasteiger partial charge in [-0.05, 0) is 31.8 Å². The zero-order valence-corrected chi connectivity index (χ0v) is 9.49. The van der Waals surface area contributed by atoms with Gasteiger partial charge in [-0.3, -0.25) is 0 Å². The molecule has 1 aliphatic carbocycles.